The van der Waals surface area contributed by atoms with Gasteiger partial charge in [-0.15, -0.1) is 0 Å². The highest BCUT2D eigenvalue weighted by Gasteiger charge is 2.32. The summed E-state index contributed by atoms with van der Waals surface area (Å²) < 4.78 is 5.36. The van der Waals surface area contributed by atoms with E-state index in [0.717, 1.165) is 29.7 Å². The molecule has 0 spiro atoms. The minimum absolute atomic E-state index is 0.177. The number of anilines is 1. The van der Waals surface area contributed by atoms with E-state index < -0.39 is 11.4 Å². The minimum atomic E-state index is -0.790. The van der Waals surface area contributed by atoms with Crippen molar-refractivity contribution in [1.82, 2.24) is 0 Å². The van der Waals surface area contributed by atoms with Gasteiger partial charge in [-0.25, -0.2) is 0 Å². The summed E-state index contributed by atoms with van der Waals surface area (Å²) in [5.41, 5.74) is 2.17. The minimum Gasteiger partial charge on any atom is -0.455 e. The highest BCUT2D eigenvalue weighted by atomic mass is 16.5. The molecular formula is C21H23NO3. The largest absolute Gasteiger partial charge is 0.455 e. The summed E-state index contributed by atoms with van der Waals surface area (Å²) in [6.07, 6.45) is 1.90. The topological polar surface area (TPSA) is 46.6 Å². The molecule has 0 radical (unpaired) electrons. The number of fused-ring (bicyclic) bond motifs is 1. The lowest BCUT2D eigenvalue weighted by Crippen LogP contribution is -2.40. The number of aryl methyl sites for hydroxylation is 1. The second-order valence-corrected chi connectivity index (χ2v) is 6.84. The van der Waals surface area contributed by atoms with Crippen molar-refractivity contribution >= 4 is 17.6 Å². The molecule has 0 N–H and O–H groups in total. The van der Waals surface area contributed by atoms with Crippen LogP contribution in [0.3, 0.4) is 0 Å². The van der Waals surface area contributed by atoms with E-state index >= 15 is 0 Å². The first-order valence-corrected chi connectivity index (χ1v) is 8.61. The Morgan fingerprint density at radius 3 is 2.48 bits per heavy atom. The van der Waals surface area contributed by atoms with Crippen LogP contribution in [0.4, 0.5) is 5.69 Å². The Hall–Kier alpha value is -2.62. The molecule has 25 heavy (non-hydrogen) atoms. The molecule has 0 saturated heterocycles. The first-order chi connectivity index (χ1) is 12.0. The van der Waals surface area contributed by atoms with E-state index in [1.165, 1.54) is 0 Å². The van der Waals surface area contributed by atoms with Crippen LogP contribution in [0.15, 0.2) is 54.6 Å². The van der Waals surface area contributed by atoms with E-state index in [-0.39, 0.29) is 12.5 Å². The SMILES string of the molecule is CC(C)(C(=O)OCC(=O)N1CCCc2ccccc21)c1ccccc1. The van der Waals surface area contributed by atoms with Crippen LogP contribution in [0, 0.1) is 0 Å². The first-order valence-electron chi connectivity index (χ1n) is 8.61. The quantitative estimate of drug-likeness (QED) is 0.803. The predicted molar refractivity (Wildman–Crippen MR) is 97.5 cm³/mol. The molecule has 1 aliphatic rings. The van der Waals surface area contributed by atoms with Gasteiger partial charge < -0.3 is 9.64 Å². The lowest BCUT2D eigenvalue weighted by Gasteiger charge is -2.30. The van der Waals surface area contributed by atoms with Crippen molar-refractivity contribution in [3.63, 3.8) is 0 Å². The van der Waals surface area contributed by atoms with Gasteiger partial charge >= 0.3 is 5.97 Å². The van der Waals surface area contributed by atoms with Crippen LogP contribution in [0.25, 0.3) is 0 Å². The fourth-order valence-corrected chi connectivity index (χ4v) is 3.15. The molecule has 0 fully saturated rings. The van der Waals surface area contributed by atoms with Gasteiger partial charge in [-0.05, 0) is 43.9 Å². The Balaban J connectivity index is 1.66. The van der Waals surface area contributed by atoms with Gasteiger partial charge in [-0.1, -0.05) is 48.5 Å². The van der Waals surface area contributed by atoms with E-state index in [1.54, 1.807) is 4.90 Å². The van der Waals surface area contributed by atoms with Gasteiger partial charge in [0, 0.05) is 12.2 Å². The van der Waals surface area contributed by atoms with Crippen LogP contribution in [-0.2, 0) is 26.2 Å². The van der Waals surface area contributed by atoms with Gasteiger partial charge in [-0.3, -0.25) is 9.59 Å². The lowest BCUT2D eigenvalue weighted by atomic mass is 9.85. The smallest absolute Gasteiger partial charge is 0.316 e. The number of ether oxygens (including phenoxy) is 1. The Kier molecular flexibility index (Phi) is 4.88. The fourth-order valence-electron chi connectivity index (χ4n) is 3.15. The summed E-state index contributed by atoms with van der Waals surface area (Å²) in [5.74, 6) is -0.568. The highest BCUT2D eigenvalue weighted by molar-refractivity contribution is 5.96. The molecule has 4 nitrogen and oxygen atoms in total. The molecule has 2 aromatic rings. The highest BCUT2D eigenvalue weighted by Crippen LogP contribution is 2.27. The number of amides is 1. The van der Waals surface area contributed by atoms with Crippen molar-refractivity contribution in [3.05, 3.63) is 65.7 Å². The summed E-state index contributed by atoms with van der Waals surface area (Å²) in [5, 5.41) is 0. The lowest BCUT2D eigenvalue weighted by molar-refractivity contribution is -0.152. The average molecular weight is 337 g/mol. The Morgan fingerprint density at radius 2 is 1.72 bits per heavy atom. The molecule has 1 amide bonds. The van der Waals surface area contributed by atoms with Crippen molar-refractivity contribution in [2.24, 2.45) is 0 Å². The normalized spacial score (nSPS) is 13.9. The standard InChI is InChI=1S/C21H23NO3/c1-21(2,17-11-4-3-5-12-17)20(24)25-15-19(23)22-14-8-10-16-9-6-7-13-18(16)22/h3-7,9,11-13H,8,10,14-15H2,1-2H3. The van der Waals surface area contributed by atoms with Crippen LogP contribution in [0.2, 0.25) is 0 Å². The van der Waals surface area contributed by atoms with Gasteiger partial charge in [0.2, 0.25) is 0 Å². The molecule has 0 aliphatic carbocycles. The second-order valence-electron chi connectivity index (χ2n) is 6.84. The Morgan fingerprint density at radius 1 is 1.04 bits per heavy atom. The van der Waals surface area contributed by atoms with E-state index in [4.69, 9.17) is 4.74 Å². The van der Waals surface area contributed by atoms with Crippen molar-refractivity contribution in [1.29, 1.82) is 0 Å². The molecule has 0 saturated carbocycles. The van der Waals surface area contributed by atoms with Crippen molar-refractivity contribution in [2.45, 2.75) is 32.1 Å². The third-order valence-corrected chi connectivity index (χ3v) is 4.74. The Labute approximate surface area is 148 Å². The molecule has 0 aromatic heterocycles. The van der Waals surface area contributed by atoms with Gasteiger partial charge in [0.1, 0.15) is 0 Å². The van der Waals surface area contributed by atoms with E-state index in [2.05, 4.69) is 0 Å². The molecule has 0 bridgehead atoms. The summed E-state index contributed by atoms with van der Waals surface area (Å²) in [6, 6.07) is 17.4. The maximum atomic E-state index is 12.6. The molecular weight excluding hydrogens is 314 g/mol. The zero-order chi connectivity index (χ0) is 17.9. The van der Waals surface area contributed by atoms with Gasteiger partial charge in [0.05, 0.1) is 5.41 Å². The van der Waals surface area contributed by atoms with Crippen LogP contribution in [0.5, 0.6) is 0 Å². The molecule has 1 heterocycles. The van der Waals surface area contributed by atoms with Crippen LogP contribution < -0.4 is 4.90 Å². The number of hydrogen-bond acceptors (Lipinski definition) is 3. The summed E-state index contributed by atoms with van der Waals surface area (Å²) in [7, 11) is 0. The van der Waals surface area contributed by atoms with E-state index in [0.29, 0.717) is 6.54 Å². The summed E-state index contributed by atoms with van der Waals surface area (Å²) >= 11 is 0. The molecule has 2 aromatic carbocycles. The average Bonchev–Trinajstić information content (AvgIpc) is 2.66. The molecule has 3 rings (SSSR count). The fraction of sp³-hybridized carbons (Fsp3) is 0.333. The van der Waals surface area contributed by atoms with Crippen molar-refractivity contribution in [2.75, 3.05) is 18.1 Å². The third-order valence-electron chi connectivity index (χ3n) is 4.74. The molecule has 4 heteroatoms. The Bertz CT molecular complexity index is 768. The number of para-hydroxylation sites is 1. The zero-order valence-corrected chi connectivity index (χ0v) is 14.7. The maximum absolute atomic E-state index is 12.6. The van der Waals surface area contributed by atoms with Gasteiger partial charge in [0.15, 0.2) is 6.61 Å². The number of carbonyl (C=O) groups excluding carboxylic acids is 2. The summed E-state index contributed by atoms with van der Waals surface area (Å²) in [4.78, 5) is 26.8. The number of hydrogen-bond donors (Lipinski definition) is 0. The van der Waals surface area contributed by atoms with Crippen LogP contribution in [0.1, 0.15) is 31.4 Å². The molecule has 1 aliphatic heterocycles. The number of rotatable bonds is 4. The monoisotopic (exact) mass is 337 g/mol. The number of esters is 1. The van der Waals surface area contributed by atoms with Gasteiger partial charge in [0.25, 0.3) is 5.91 Å². The van der Waals surface area contributed by atoms with Crippen molar-refractivity contribution < 1.29 is 14.3 Å². The van der Waals surface area contributed by atoms with E-state index in [1.807, 2.05) is 68.4 Å². The van der Waals surface area contributed by atoms with Crippen LogP contribution >= 0.6 is 0 Å². The van der Waals surface area contributed by atoms with Crippen molar-refractivity contribution in [3.8, 4) is 0 Å². The number of carbonyl (C=O) groups is 2. The number of benzene rings is 2. The second kappa shape index (κ2) is 7.09. The van der Waals surface area contributed by atoms with E-state index in [9.17, 15) is 9.59 Å². The van der Waals surface area contributed by atoms with Crippen LogP contribution in [-0.4, -0.2) is 25.0 Å². The third kappa shape index (κ3) is 3.58. The number of nitrogens with zero attached hydrogens (tertiary/aromatic N) is 1. The first kappa shape index (κ1) is 17.2. The zero-order valence-electron chi connectivity index (χ0n) is 14.7. The predicted octanol–water partition coefficient (Wildman–Crippen LogP) is 3.49. The molecule has 130 valence electrons. The summed E-state index contributed by atoms with van der Waals surface area (Å²) in [6.45, 7) is 4.05. The molecule has 0 atom stereocenters. The van der Waals surface area contributed by atoms with Gasteiger partial charge in [-0.2, -0.15) is 0 Å². The molecule has 0 unspecified atom stereocenters. The maximum Gasteiger partial charge on any atom is 0.316 e.